The van der Waals surface area contributed by atoms with Crippen LogP contribution in [-0.2, 0) is 4.79 Å². The number of para-hydroxylation sites is 2. The van der Waals surface area contributed by atoms with Crippen molar-refractivity contribution in [2.24, 2.45) is 0 Å². The highest BCUT2D eigenvalue weighted by atomic mass is 16.5. The molecule has 0 saturated heterocycles. The molecule has 0 aliphatic carbocycles. The first kappa shape index (κ1) is 17.1. The summed E-state index contributed by atoms with van der Waals surface area (Å²) in [6.07, 6.45) is 4.58. The van der Waals surface area contributed by atoms with Crippen molar-refractivity contribution >= 4 is 11.6 Å². The normalized spacial score (nSPS) is 10.3. The molecule has 0 saturated carbocycles. The van der Waals surface area contributed by atoms with Crippen molar-refractivity contribution in [1.82, 2.24) is 4.90 Å². The molecule has 0 radical (unpaired) electrons. The fourth-order valence-corrected chi connectivity index (χ4v) is 1.78. The summed E-state index contributed by atoms with van der Waals surface area (Å²) < 4.78 is 5.20. The molecule has 0 unspecified atom stereocenters. The smallest absolute Gasteiger partial charge is 0.266 e. The van der Waals surface area contributed by atoms with Crippen LogP contribution in [0.2, 0.25) is 0 Å². The van der Waals surface area contributed by atoms with Crippen molar-refractivity contribution in [2.75, 3.05) is 25.5 Å². The second-order valence-corrected chi connectivity index (χ2v) is 4.30. The number of nitriles is 1. The van der Waals surface area contributed by atoms with Crippen LogP contribution in [0.25, 0.3) is 0 Å². The van der Waals surface area contributed by atoms with Gasteiger partial charge in [-0.15, -0.1) is 13.2 Å². The molecule has 0 aliphatic heterocycles. The summed E-state index contributed by atoms with van der Waals surface area (Å²) in [6.45, 7) is 7.90. The minimum absolute atomic E-state index is 0.00499. The number of hydrogen-bond donors (Lipinski definition) is 1. The molecule has 114 valence electrons. The molecule has 1 N–H and O–H groups in total. The van der Waals surface area contributed by atoms with E-state index in [1.54, 1.807) is 31.4 Å². The molecule has 1 rings (SSSR count). The Morgan fingerprint density at radius 3 is 2.55 bits per heavy atom. The van der Waals surface area contributed by atoms with Gasteiger partial charge < -0.3 is 15.0 Å². The van der Waals surface area contributed by atoms with E-state index in [-0.39, 0.29) is 11.5 Å². The Bertz CT molecular complexity index is 605. The third-order valence-electron chi connectivity index (χ3n) is 2.82. The van der Waals surface area contributed by atoms with Crippen molar-refractivity contribution in [3.63, 3.8) is 0 Å². The van der Waals surface area contributed by atoms with Gasteiger partial charge in [0.25, 0.3) is 5.91 Å². The van der Waals surface area contributed by atoms with Crippen LogP contribution in [-0.4, -0.2) is 31.0 Å². The van der Waals surface area contributed by atoms with E-state index < -0.39 is 0 Å². The summed E-state index contributed by atoms with van der Waals surface area (Å²) in [5.74, 6) is 0.238. The largest absolute Gasteiger partial charge is 0.495 e. The van der Waals surface area contributed by atoms with E-state index in [9.17, 15) is 10.1 Å². The van der Waals surface area contributed by atoms with E-state index in [4.69, 9.17) is 4.74 Å². The van der Waals surface area contributed by atoms with Crippen LogP contribution >= 0.6 is 0 Å². The molecule has 1 amide bonds. The van der Waals surface area contributed by atoms with Gasteiger partial charge in [-0.3, -0.25) is 4.79 Å². The van der Waals surface area contributed by atoms with E-state index in [0.717, 1.165) is 0 Å². The topological polar surface area (TPSA) is 65.4 Å². The number of rotatable bonds is 8. The number of amides is 1. The summed E-state index contributed by atoms with van der Waals surface area (Å²) in [7, 11) is 1.55. The first-order chi connectivity index (χ1) is 10.7. The zero-order valence-corrected chi connectivity index (χ0v) is 12.6. The SMILES string of the molecule is C=CCN(CC=C)C(=O)/C(C#N)=C\Nc1ccccc1OC. The summed E-state index contributed by atoms with van der Waals surface area (Å²) in [4.78, 5) is 13.8. The summed E-state index contributed by atoms with van der Waals surface area (Å²) in [5, 5.41) is 12.1. The van der Waals surface area contributed by atoms with E-state index in [1.807, 2.05) is 18.2 Å². The number of carbonyl (C=O) groups excluding carboxylic acids is 1. The monoisotopic (exact) mass is 297 g/mol. The van der Waals surface area contributed by atoms with Gasteiger partial charge in [0.15, 0.2) is 0 Å². The fourth-order valence-electron chi connectivity index (χ4n) is 1.78. The average molecular weight is 297 g/mol. The molecule has 1 aromatic rings. The molecule has 5 heteroatoms. The second kappa shape index (κ2) is 9.03. The third-order valence-corrected chi connectivity index (χ3v) is 2.82. The minimum atomic E-state index is -0.385. The molecule has 0 aliphatic rings. The van der Waals surface area contributed by atoms with E-state index in [2.05, 4.69) is 18.5 Å². The number of anilines is 1. The Kier molecular flexibility index (Phi) is 7.00. The van der Waals surface area contributed by atoms with Crippen molar-refractivity contribution < 1.29 is 9.53 Å². The quantitative estimate of drug-likeness (QED) is 0.455. The summed E-state index contributed by atoms with van der Waals surface area (Å²) in [6, 6.07) is 9.14. The number of nitrogens with one attached hydrogen (secondary N) is 1. The molecule has 1 aromatic carbocycles. The van der Waals surface area contributed by atoms with Gasteiger partial charge in [-0.25, -0.2) is 0 Å². The average Bonchev–Trinajstić information content (AvgIpc) is 2.55. The molecule has 5 nitrogen and oxygen atoms in total. The van der Waals surface area contributed by atoms with E-state index in [1.165, 1.54) is 11.1 Å². The number of methoxy groups -OCH3 is 1. The number of hydrogen-bond acceptors (Lipinski definition) is 4. The van der Waals surface area contributed by atoms with E-state index >= 15 is 0 Å². The third kappa shape index (κ3) is 4.53. The van der Waals surface area contributed by atoms with Gasteiger partial charge in [-0.05, 0) is 12.1 Å². The zero-order chi connectivity index (χ0) is 16.4. The molecule has 0 heterocycles. The predicted molar refractivity (Wildman–Crippen MR) is 87.3 cm³/mol. The molecule has 22 heavy (non-hydrogen) atoms. The lowest BCUT2D eigenvalue weighted by molar-refractivity contribution is -0.125. The molecular formula is C17H19N3O2. The van der Waals surface area contributed by atoms with Gasteiger partial charge in [0.1, 0.15) is 17.4 Å². The van der Waals surface area contributed by atoms with Crippen LogP contribution in [0.1, 0.15) is 0 Å². The van der Waals surface area contributed by atoms with Crippen LogP contribution in [0.5, 0.6) is 5.75 Å². The van der Waals surface area contributed by atoms with Crippen LogP contribution < -0.4 is 10.1 Å². The minimum Gasteiger partial charge on any atom is -0.495 e. The maximum Gasteiger partial charge on any atom is 0.266 e. The number of ether oxygens (including phenoxy) is 1. The second-order valence-electron chi connectivity index (χ2n) is 4.30. The Labute approximate surface area is 130 Å². The highest BCUT2D eigenvalue weighted by molar-refractivity contribution is 5.97. The van der Waals surface area contributed by atoms with Crippen molar-refractivity contribution in [3.8, 4) is 11.8 Å². The van der Waals surface area contributed by atoms with Gasteiger partial charge in [0, 0.05) is 19.3 Å². The molecule has 0 atom stereocenters. The molecule has 0 fully saturated rings. The van der Waals surface area contributed by atoms with Crippen LogP contribution in [0.15, 0.2) is 61.3 Å². The Morgan fingerprint density at radius 1 is 1.36 bits per heavy atom. The van der Waals surface area contributed by atoms with Crippen molar-refractivity contribution in [3.05, 3.63) is 61.3 Å². The van der Waals surface area contributed by atoms with Crippen LogP contribution in [0.4, 0.5) is 5.69 Å². The Morgan fingerprint density at radius 2 is 2.00 bits per heavy atom. The fraction of sp³-hybridized carbons (Fsp3) is 0.176. The zero-order valence-electron chi connectivity index (χ0n) is 12.6. The van der Waals surface area contributed by atoms with Gasteiger partial charge >= 0.3 is 0 Å². The maximum atomic E-state index is 12.3. The first-order valence-corrected chi connectivity index (χ1v) is 6.68. The Balaban J connectivity index is 2.94. The number of carbonyl (C=O) groups is 1. The lowest BCUT2D eigenvalue weighted by Gasteiger charge is -2.18. The lowest BCUT2D eigenvalue weighted by Crippen LogP contribution is -2.32. The van der Waals surface area contributed by atoms with Gasteiger partial charge in [0.05, 0.1) is 12.8 Å². The van der Waals surface area contributed by atoms with Gasteiger partial charge in [0.2, 0.25) is 0 Å². The Hall–Kier alpha value is -3.00. The summed E-state index contributed by atoms with van der Waals surface area (Å²) in [5.41, 5.74) is 0.666. The number of nitrogens with zero attached hydrogens (tertiary/aromatic N) is 2. The van der Waals surface area contributed by atoms with Crippen LogP contribution in [0, 0.1) is 11.3 Å². The molecule has 0 spiro atoms. The molecule has 0 aromatic heterocycles. The maximum absolute atomic E-state index is 12.3. The standard InChI is InChI=1S/C17H19N3O2/c1-4-10-20(11-5-2)17(21)14(12-18)13-19-15-8-6-7-9-16(15)22-3/h4-9,13,19H,1-2,10-11H2,3H3/b14-13-. The van der Waals surface area contributed by atoms with Crippen molar-refractivity contribution in [2.45, 2.75) is 0 Å². The summed E-state index contributed by atoms with van der Waals surface area (Å²) >= 11 is 0. The highest BCUT2D eigenvalue weighted by Gasteiger charge is 2.16. The molecule has 0 bridgehead atoms. The molecular weight excluding hydrogens is 278 g/mol. The number of benzene rings is 1. The highest BCUT2D eigenvalue weighted by Crippen LogP contribution is 2.23. The van der Waals surface area contributed by atoms with Crippen LogP contribution in [0.3, 0.4) is 0 Å². The predicted octanol–water partition coefficient (Wildman–Crippen LogP) is 2.72. The van der Waals surface area contributed by atoms with Crippen molar-refractivity contribution in [1.29, 1.82) is 5.26 Å². The van der Waals surface area contributed by atoms with Gasteiger partial charge in [-0.2, -0.15) is 5.26 Å². The van der Waals surface area contributed by atoms with E-state index in [0.29, 0.717) is 24.5 Å². The first-order valence-electron chi connectivity index (χ1n) is 6.68. The van der Waals surface area contributed by atoms with Gasteiger partial charge in [-0.1, -0.05) is 24.3 Å². The lowest BCUT2D eigenvalue weighted by atomic mass is 10.2.